The van der Waals surface area contributed by atoms with Gasteiger partial charge in [-0.15, -0.1) is 11.6 Å². The quantitative estimate of drug-likeness (QED) is 0.669. The van der Waals surface area contributed by atoms with Crippen LogP contribution in [0.2, 0.25) is 0 Å². The summed E-state index contributed by atoms with van der Waals surface area (Å²) in [7, 11) is 0. The molecule has 1 aromatic rings. The van der Waals surface area contributed by atoms with E-state index in [0.717, 1.165) is 31.7 Å². The molecular formula is C10H17ClN2. The fourth-order valence-electron chi connectivity index (χ4n) is 1.41. The van der Waals surface area contributed by atoms with Crippen molar-refractivity contribution in [1.29, 1.82) is 0 Å². The van der Waals surface area contributed by atoms with Gasteiger partial charge in [0.05, 0.1) is 5.69 Å². The molecule has 0 fully saturated rings. The average molecular weight is 201 g/mol. The van der Waals surface area contributed by atoms with Crippen LogP contribution in [0.25, 0.3) is 0 Å². The van der Waals surface area contributed by atoms with E-state index in [4.69, 9.17) is 11.6 Å². The lowest BCUT2D eigenvalue weighted by molar-refractivity contribution is 0.609. The largest absolute Gasteiger partial charge is 0.270 e. The van der Waals surface area contributed by atoms with Crippen LogP contribution >= 0.6 is 11.6 Å². The van der Waals surface area contributed by atoms with Gasteiger partial charge >= 0.3 is 0 Å². The van der Waals surface area contributed by atoms with Crippen LogP contribution in [0.15, 0.2) is 6.07 Å². The lowest BCUT2D eigenvalue weighted by Gasteiger charge is -2.01. The number of nitrogens with zero attached hydrogens (tertiary/aromatic N) is 2. The first-order valence-electron chi connectivity index (χ1n) is 4.93. The van der Waals surface area contributed by atoms with Gasteiger partial charge < -0.3 is 0 Å². The minimum absolute atomic E-state index is 0.732. The minimum Gasteiger partial charge on any atom is -0.270 e. The number of aromatic nitrogens is 2. The first kappa shape index (κ1) is 10.6. The summed E-state index contributed by atoms with van der Waals surface area (Å²) in [6.45, 7) is 5.21. The molecule has 0 saturated carbocycles. The molecule has 0 spiro atoms. The summed E-state index contributed by atoms with van der Waals surface area (Å²) in [5, 5.41) is 4.47. The van der Waals surface area contributed by atoms with Crippen molar-refractivity contribution in [1.82, 2.24) is 9.78 Å². The first-order valence-corrected chi connectivity index (χ1v) is 5.46. The zero-order valence-electron chi connectivity index (χ0n) is 8.39. The summed E-state index contributed by atoms with van der Waals surface area (Å²) in [6, 6.07) is 2.19. The molecule has 0 unspecified atom stereocenters. The fraction of sp³-hybridized carbons (Fsp3) is 0.700. The SMILES string of the molecule is CCc1cc(CCCCl)n(CC)n1. The van der Waals surface area contributed by atoms with Gasteiger partial charge in [-0.05, 0) is 32.3 Å². The van der Waals surface area contributed by atoms with Crippen LogP contribution < -0.4 is 0 Å². The van der Waals surface area contributed by atoms with E-state index in [9.17, 15) is 0 Å². The molecule has 0 aliphatic rings. The molecule has 13 heavy (non-hydrogen) atoms. The van der Waals surface area contributed by atoms with Crippen molar-refractivity contribution in [3.05, 3.63) is 17.5 Å². The van der Waals surface area contributed by atoms with E-state index in [-0.39, 0.29) is 0 Å². The maximum absolute atomic E-state index is 5.66. The van der Waals surface area contributed by atoms with Crippen LogP contribution in [-0.2, 0) is 19.4 Å². The van der Waals surface area contributed by atoms with Gasteiger partial charge in [0.25, 0.3) is 0 Å². The Morgan fingerprint density at radius 1 is 1.46 bits per heavy atom. The topological polar surface area (TPSA) is 17.8 Å². The zero-order valence-corrected chi connectivity index (χ0v) is 9.14. The second kappa shape index (κ2) is 5.28. The standard InChI is InChI=1S/C10H17ClN2/c1-3-9-8-10(6-5-7-11)13(4-2)12-9/h8H,3-7H2,1-2H3. The Morgan fingerprint density at radius 3 is 2.77 bits per heavy atom. The highest BCUT2D eigenvalue weighted by Crippen LogP contribution is 2.08. The van der Waals surface area contributed by atoms with Crippen molar-refractivity contribution in [3.63, 3.8) is 0 Å². The summed E-state index contributed by atoms with van der Waals surface area (Å²) in [4.78, 5) is 0. The van der Waals surface area contributed by atoms with E-state index < -0.39 is 0 Å². The van der Waals surface area contributed by atoms with Crippen molar-refractivity contribution >= 4 is 11.6 Å². The van der Waals surface area contributed by atoms with Gasteiger partial charge in [0.1, 0.15) is 0 Å². The molecule has 0 aliphatic carbocycles. The van der Waals surface area contributed by atoms with Crippen LogP contribution in [-0.4, -0.2) is 15.7 Å². The van der Waals surface area contributed by atoms with Gasteiger partial charge in [-0.3, -0.25) is 4.68 Å². The van der Waals surface area contributed by atoms with Crippen molar-refractivity contribution in [2.45, 2.75) is 39.7 Å². The molecule has 0 aromatic carbocycles. The van der Waals surface area contributed by atoms with E-state index in [1.807, 2.05) is 0 Å². The maximum Gasteiger partial charge on any atom is 0.0624 e. The molecule has 0 aliphatic heterocycles. The number of rotatable bonds is 5. The van der Waals surface area contributed by atoms with Crippen LogP contribution in [0.3, 0.4) is 0 Å². The average Bonchev–Trinajstić information content (AvgIpc) is 2.57. The highest BCUT2D eigenvalue weighted by molar-refractivity contribution is 6.17. The summed E-state index contributed by atoms with van der Waals surface area (Å²) < 4.78 is 2.07. The molecule has 1 heterocycles. The van der Waals surface area contributed by atoms with E-state index in [1.165, 1.54) is 11.4 Å². The summed E-state index contributed by atoms with van der Waals surface area (Å²) in [5.41, 5.74) is 2.51. The number of hydrogen-bond acceptors (Lipinski definition) is 1. The number of hydrogen-bond donors (Lipinski definition) is 0. The van der Waals surface area contributed by atoms with Crippen molar-refractivity contribution in [2.24, 2.45) is 0 Å². The first-order chi connectivity index (χ1) is 6.31. The molecule has 1 rings (SSSR count). The predicted molar refractivity (Wildman–Crippen MR) is 56.3 cm³/mol. The molecular weight excluding hydrogens is 184 g/mol. The van der Waals surface area contributed by atoms with Gasteiger partial charge in [0.2, 0.25) is 0 Å². The highest BCUT2D eigenvalue weighted by Gasteiger charge is 2.04. The Labute approximate surface area is 84.9 Å². The molecule has 0 N–H and O–H groups in total. The molecule has 0 radical (unpaired) electrons. The van der Waals surface area contributed by atoms with Gasteiger partial charge in [-0.2, -0.15) is 5.10 Å². The molecule has 3 heteroatoms. The monoisotopic (exact) mass is 200 g/mol. The molecule has 0 atom stereocenters. The molecule has 0 saturated heterocycles. The van der Waals surface area contributed by atoms with E-state index in [1.54, 1.807) is 0 Å². The Hall–Kier alpha value is -0.500. The number of halogens is 1. The second-order valence-electron chi connectivity index (χ2n) is 3.09. The molecule has 1 aromatic heterocycles. The van der Waals surface area contributed by atoms with E-state index in [0.29, 0.717) is 0 Å². The van der Waals surface area contributed by atoms with Crippen LogP contribution in [0.5, 0.6) is 0 Å². The predicted octanol–water partition coefficient (Wildman–Crippen LogP) is 2.64. The van der Waals surface area contributed by atoms with E-state index >= 15 is 0 Å². The summed E-state index contributed by atoms with van der Waals surface area (Å²) >= 11 is 5.66. The number of aryl methyl sites for hydroxylation is 3. The third-order valence-electron chi connectivity index (χ3n) is 2.14. The van der Waals surface area contributed by atoms with Crippen LogP contribution in [0.1, 0.15) is 31.7 Å². The minimum atomic E-state index is 0.732. The van der Waals surface area contributed by atoms with Crippen LogP contribution in [0.4, 0.5) is 0 Å². The highest BCUT2D eigenvalue weighted by atomic mass is 35.5. The molecule has 74 valence electrons. The lowest BCUT2D eigenvalue weighted by Crippen LogP contribution is -2.02. The van der Waals surface area contributed by atoms with Crippen molar-refractivity contribution in [3.8, 4) is 0 Å². The number of alkyl halides is 1. The van der Waals surface area contributed by atoms with Crippen molar-refractivity contribution < 1.29 is 0 Å². The Balaban J connectivity index is 2.71. The fourth-order valence-corrected chi connectivity index (χ4v) is 1.54. The van der Waals surface area contributed by atoms with Crippen molar-refractivity contribution in [2.75, 3.05) is 5.88 Å². The molecule has 0 amide bonds. The molecule has 0 bridgehead atoms. The maximum atomic E-state index is 5.66. The Kier molecular flexibility index (Phi) is 4.29. The summed E-state index contributed by atoms with van der Waals surface area (Å²) in [5.74, 6) is 0.732. The zero-order chi connectivity index (χ0) is 9.68. The smallest absolute Gasteiger partial charge is 0.0624 e. The van der Waals surface area contributed by atoms with Gasteiger partial charge in [0, 0.05) is 18.1 Å². The third-order valence-corrected chi connectivity index (χ3v) is 2.41. The van der Waals surface area contributed by atoms with E-state index in [2.05, 4.69) is 29.7 Å². The van der Waals surface area contributed by atoms with Gasteiger partial charge in [-0.1, -0.05) is 6.92 Å². The third kappa shape index (κ3) is 2.73. The molecule has 2 nitrogen and oxygen atoms in total. The van der Waals surface area contributed by atoms with Crippen LogP contribution in [0, 0.1) is 0 Å². The lowest BCUT2D eigenvalue weighted by atomic mass is 10.2. The second-order valence-corrected chi connectivity index (χ2v) is 3.47. The Morgan fingerprint density at radius 2 is 2.23 bits per heavy atom. The normalized spacial score (nSPS) is 10.7. The van der Waals surface area contributed by atoms with Gasteiger partial charge in [0.15, 0.2) is 0 Å². The summed E-state index contributed by atoms with van der Waals surface area (Å²) in [6.07, 6.45) is 3.10. The van der Waals surface area contributed by atoms with Gasteiger partial charge in [-0.25, -0.2) is 0 Å². The Bertz CT molecular complexity index is 255.